The van der Waals surface area contributed by atoms with E-state index in [4.69, 9.17) is 4.74 Å². The molecule has 1 N–H and O–H groups in total. The lowest BCUT2D eigenvalue weighted by molar-refractivity contribution is 0.194. The fraction of sp³-hybridized carbons (Fsp3) is 0.500. The quantitative estimate of drug-likeness (QED) is 0.889. The zero-order chi connectivity index (χ0) is 13.0. The zero-order valence-corrected chi connectivity index (χ0v) is 11.0. The van der Waals surface area contributed by atoms with Gasteiger partial charge in [-0.05, 0) is 37.0 Å². The molecule has 1 aliphatic carbocycles. The molecule has 0 bridgehead atoms. The Hall–Kier alpha value is -1.71. The average molecular weight is 248 g/mol. The van der Waals surface area contributed by atoms with E-state index in [1.807, 2.05) is 31.3 Å². The Kier molecular flexibility index (Phi) is 4.07. The molecule has 0 spiro atoms. The van der Waals surface area contributed by atoms with Gasteiger partial charge in [0.25, 0.3) is 0 Å². The summed E-state index contributed by atoms with van der Waals surface area (Å²) in [6.45, 7) is 0.593. The van der Waals surface area contributed by atoms with Crippen LogP contribution < -0.4 is 10.1 Å². The van der Waals surface area contributed by atoms with E-state index < -0.39 is 0 Å². The van der Waals surface area contributed by atoms with Crippen LogP contribution in [0.25, 0.3) is 0 Å². The lowest BCUT2D eigenvalue weighted by Crippen LogP contribution is -2.45. The molecule has 1 aliphatic rings. The third-order valence-corrected chi connectivity index (χ3v) is 3.33. The second-order valence-corrected chi connectivity index (χ2v) is 4.78. The van der Waals surface area contributed by atoms with Crippen molar-refractivity contribution < 1.29 is 9.53 Å². The first-order valence-electron chi connectivity index (χ1n) is 6.33. The number of urea groups is 1. The summed E-state index contributed by atoms with van der Waals surface area (Å²) in [6.07, 6.45) is 3.45. The van der Waals surface area contributed by atoms with E-state index >= 15 is 0 Å². The van der Waals surface area contributed by atoms with Crippen molar-refractivity contribution in [2.45, 2.75) is 31.8 Å². The van der Waals surface area contributed by atoms with Crippen LogP contribution in [0.15, 0.2) is 24.3 Å². The maximum Gasteiger partial charge on any atom is 0.317 e. The molecule has 0 radical (unpaired) electrons. The van der Waals surface area contributed by atoms with Crippen LogP contribution >= 0.6 is 0 Å². The predicted octanol–water partition coefficient (Wildman–Crippen LogP) is 2.39. The summed E-state index contributed by atoms with van der Waals surface area (Å²) in [5.74, 6) is 0.820. The van der Waals surface area contributed by atoms with Gasteiger partial charge in [0, 0.05) is 19.6 Å². The van der Waals surface area contributed by atoms with Crippen LogP contribution in [0, 0.1) is 0 Å². The first-order chi connectivity index (χ1) is 8.69. The topological polar surface area (TPSA) is 41.6 Å². The van der Waals surface area contributed by atoms with Crippen LogP contribution in [0.4, 0.5) is 4.79 Å². The second kappa shape index (κ2) is 5.76. The highest BCUT2D eigenvalue weighted by Crippen LogP contribution is 2.18. The number of carbonyl (C=O) groups is 1. The number of carbonyl (C=O) groups excluding carboxylic acids is 1. The van der Waals surface area contributed by atoms with Crippen molar-refractivity contribution in [3.05, 3.63) is 29.8 Å². The summed E-state index contributed by atoms with van der Waals surface area (Å²) in [5, 5.41) is 3.02. The maximum absolute atomic E-state index is 11.9. The van der Waals surface area contributed by atoms with Crippen molar-refractivity contribution in [2.75, 3.05) is 14.2 Å². The molecule has 1 fully saturated rings. The predicted molar refractivity (Wildman–Crippen MR) is 70.6 cm³/mol. The molecule has 0 heterocycles. The highest BCUT2D eigenvalue weighted by molar-refractivity contribution is 5.74. The minimum atomic E-state index is 0.00233. The molecule has 1 saturated carbocycles. The van der Waals surface area contributed by atoms with E-state index in [1.165, 1.54) is 6.42 Å². The molecule has 0 aromatic heterocycles. The van der Waals surface area contributed by atoms with E-state index in [-0.39, 0.29) is 6.03 Å². The minimum absolute atomic E-state index is 0.00233. The fourth-order valence-electron chi connectivity index (χ4n) is 1.95. The summed E-state index contributed by atoms with van der Waals surface area (Å²) in [5.41, 5.74) is 1.07. The van der Waals surface area contributed by atoms with Crippen LogP contribution in [0.1, 0.15) is 24.8 Å². The Bertz CT molecular complexity index is 416. The second-order valence-electron chi connectivity index (χ2n) is 4.78. The molecule has 1 aromatic rings. The molecule has 0 unspecified atom stereocenters. The molecule has 2 amide bonds. The van der Waals surface area contributed by atoms with Crippen LogP contribution in [-0.2, 0) is 6.54 Å². The van der Waals surface area contributed by atoms with Gasteiger partial charge in [-0.2, -0.15) is 0 Å². The van der Waals surface area contributed by atoms with Crippen molar-refractivity contribution in [1.29, 1.82) is 0 Å². The molecule has 2 rings (SSSR count). The molecule has 18 heavy (non-hydrogen) atoms. The lowest BCUT2D eigenvalue weighted by atomic mass is 9.93. The number of benzene rings is 1. The highest BCUT2D eigenvalue weighted by atomic mass is 16.5. The normalized spacial score (nSPS) is 14.8. The number of rotatable bonds is 4. The van der Waals surface area contributed by atoms with Crippen molar-refractivity contribution in [2.24, 2.45) is 0 Å². The summed E-state index contributed by atoms with van der Waals surface area (Å²) in [6, 6.07) is 8.17. The number of nitrogens with zero attached hydrogens (tertiary/aromatic N) is 1. The largest absolute Gasteiger partial charge is 0.497 e. The number of nitrogens with one attached hydrogen (secondary N) is 1. The van der Waals surface area contributed by atoms with Crippen molar-refractivity contribution in [1.82, 2.24) is 10.2 Å². The third-order valence-electron chi connectivity index (χ3n) is 3.33. The average Bonchev–Trinajstić information content (AvgIpc) is 2.33. The standard InChI is InChI=1S/C14H20N2O2/c1-16(14(17)15-12-6-4-7-12)10-11-5-3-8-13(9-11)18-2/h3,5,8-9,12H,4,6-7,10H2,1-2H3,(H,15,17). The number of amides is 2. The lowest BCUT2D eigenvalue weighted by Gasteiger charge is -2.29. The highest BCUT2D eigenvalue weighted by Gasteiger charge is 2.21. The molecule has 0 atom stereocenters. The molecule has 98 valence electrons. The molecule has 4 nitrogen and oxygen atoms in total. The zero-order valence-electron chi connectivity index (χ0n) is 11.0. The Morgan fingerprint density at radius 1 is 1.50 bits per heavy atom. The van der Waals surface area contributed by atoms with Crippen molar-refractivity contribution >= 4 is 6.03 Å². The third kappa shape index (κ3) is 3.15. The fourth-order valence-corrected chi connectivity index (χ4v) is 1.95. The number of hydrogen-bond acceptors (Lipinski definition) is 2. The SMILES string of the molecule is COc1cccc(CN(C)C(=O)NC2CCC2)c1. The van der Waals surface area contributed by atoms with Gasteiger partial charge in [0.05, 0.1) is 7.11 Å². The minimum Gasteiger partial charge on any atom is -0.497 e. The molecule has 4 heteroatoms. The summed E-state index contributed by atoms with van der Waals surface area (Å²) < 4.78 is 5.17. The van der Waals surface area contributed by atoms with Crippen LogP contribution in [-0.4, -0.2) is 31.1 Å². The molecular weight excluding hydrogens is 228 g/mol. The monoisotopic (exact) mass is 248 g/mol. The van der Waals surface area contributed by atoms with Gasteiger partial charge in [0.1, 0.15) is 5.75 Å². The Morgan fingerprint density at radius 2 is 2.28 bits per heavy atom. The van der Waals surface area contributed by atoms with E-state index in [1.54, 1.807) is 12.0 Å². The van der Waals surface area contributed by atoms with Gasteiger partial charge in [-0.1, -0.05) is 12.1 Å². The Balaban J connectivity index is 1.88. The van der Waals surface area contributed by atoms with Gasteiger partial charge in [0.15, 0.2) is 0 Å². The van der Waals surface area contributed by atoms with Gasteiger partial charge < -0.3 is 15.0 Å². The summed E-state index contributed by atoms with van der Waals surface area (Å²) in [7, 11) is 3.46. The molecular formula is C14H20N2O2. The van der Waals surface area contributed by atoms with Gasteiger partial charge in [-0.15, -0.1) is 0 Å². The molecule has 0 aliphatic heterocycles. The van der Waals surface area contributed by atoms with E-state index in [9.17, 15) is 4.79 Å². The van der Waals surface area contributed by atoms with Crippen molar-refractivity contribution in [3.63, 3.8) is 0 Å². The van der Waals surface area contributed by atoms with Gasteiger partial charge in [-0.3, -0.25) is 0 Å². The van der Waals surface area contributed by atoms with Gasteiger partial charge >= 0.3 is 6.03 Å². The van der Waals surface area contributed by atoms with Crippen LogP contribution in [0.5, 0.6) is 5.75 Å². The van der Waals surface area contributed by atoms with E-state index in [2.05, 4.69) is 5.32 Å². The van der Waals surface area contributed by atoms with Gasteiger partial charge in [0.2, 0.25) is 0 Å². The summed E-state index contributed by atoms with van der Waals surface area (Å²) in [4.78, 5) is 13.6. The molecule has 0 saturated heterocycles. The maximum atomic E-state index is 11.9. The molecule has 1 aromatic carbocycles. The Labute approximate surface area is 108 Å². The first-order valence-corrected chi connectivity index (χ1v) is 6.33. The number of methoxy groups -OCH3 is 1. The number of ether oxygens (including phenoxy) is 1. The van der Waals surface area contributed by atoms with E-state index in [0.717, 1.165) is 24.2 Å². The van der Waals surface area contributed by atoms with Crippen LogP contribution in [0.3, 0.4) is 0 Å². The van der Waals surface area contributed by atoms with Gasteiger partial charge in [-0.25, -0.2) is 4.79 Å². The first kappa shape index (κ1) is 12.7. The number of hydrogen-bond donors (Lipinski definition) is 1. The van der Waals surface area contributed by atoms with E-state index in [0.29, 0.717) is 12.6 Å². The Morgan fingerprint density at radius 3 is 2.89 bits per heavy atom. The van der Waals surface area contributed by atoms with Crippen molar-refractivity contribution in [3.8, 4) is 5.75 Å². The summed E-state index contributed by atoms with van der Waals surface area (Å²) >= 11 is 0. The smallest absolute Gasteiger partial charge is 0.317 e. The van der Waals surface area contributed by atoms with Crippen LogP contribution in [0.2, 0.25) is 0 Å².